The number of nitrogens with one attached hydrogen (secondary N) is 2. The number of methoxy groups -OCH3 is 1. The van der Waals surface area contributed by atoms with Gasteiger partial charge in [0.2, 0.25) is 0 Å². The highest BCUT2D eigenvalue weighted by Crippen LogP contribution is 2.20. The van der Waals surface area contributed by atoms with Crippen molar-refractivity contribution in [1.82, 2.24) is 15.4 Å². The molecule has 4 aromatic rings. The number of hydroxylamine groups is 1. The van der Waals surface area contributed by atoms with Gasteiger partial charge in [-0.1, -0.05) is 42.5 Å². The summed E-state index contributed by atoms with van der Waals surface area (Å²) < 4.78 is 11.2. The van der Waals surface area contributed by atoms with Crippen molar-refractivity contribution in [2.75, 3.05) is 26.8 Å². The average molecular weight is 486 g/mol. The van der Waals surface area contributed by atoms with Crippen LogP contribution in [0.25, 0.3) is 17.0 Å². The number of hydrogen-bond acceptors (Lipinski definition) is 5. The first-order valence-corrected chi connectivity index (χ1v) is 11.9. The molecule has 0 spiro atoms. The monoisotopic (exact) mass is 485 g/mol. The molecule has 36 heavy (non-hydrogen) atoms. The van der Waals surface area contributed by atoms with Crippen molar-refractivity contribution in [3.63, 3.8) is 0 Å². The molecule has 1 heterocycles. The quantitative estimate of drug-likeness (QED) is 0.152. The molecule has 0 radical (unpaired) electrons. The van der Waals surface area contributed by atoms with Crippen molar-refractivity contribution < 1.29 is 19.5 Å². The number of nitrogens with zero attached hydrogens (tertiary/aromatic N) is 1. The second-order valence-electron chi connectivity index (χ2n) is 8.46. The third kappa shape index (κ3) is 6.97. The maximum atomic E-state index is 11.2. The highest BCUT2D eigenvalue weighted by atomic mass is 16.5. The van der Waals surface area contributed by atoms with Crippen LogP contribution in [-0.4, -0.2) is 47.8 Å². The van der Waals surface area contributed by atoms with Crippen LogP contribution in [0, 0.1) is 0 Å². The number of carbonyl (C=O) groups is 1. The van der Waals surface area contributed by atoms with Crippen molar-refractivity contribution in [2.45, 2.75) is 13.0 Å². The SMILES string of the molecule is COc1ccc(OCCN(CCc2c[nH]c3ccccc23)Cc2ccc(C=CC(=O)NO)cc2)cc1. The van der Waals surface area contributed by atoms with E-state index < -0.39 is 5.91 Å². The molecular formula is C29H31N3O4. The number of benzene rings is 3. The van der Waals surface area contributed by atoms with E-state index in [9.17, 15) is 4.79 Å². The first-order valence-electron chi connectivity index (χ1n) is 11.9. The maximum absolute atomic E-state index is 11.2. The summed E-state index contributed by atoms with van der Waals surface area (Å²) in [6.07, 6.45) is 5.97. The zero-order valence-electron chi connectivity index (χ0n) is 20.3. The van der Waals surface area contributed by atoms with Crippen LogP contribution >= 0.6 is 0 Å². The van der Waals surface area contributed by atoms with Crippen LogP contribution in [0.2, 0.25) is 0 Å². The fraction of sp³-hybridized carbons (Fsp3) is 0.207. The van der Waals surface area contributed by atoms with Gasteiger partial charge in [0.05, 0.1) is 7.11 Å². The van der Waals surface area contributed by atoms with Gasteiger partial charge < -0.3 is 14.5 Å². The summed E-state index contributed by atoms with van der Waals surface area (Å²) in [5.74, 6) is 1.06. The Kier molecular flexibility index (Phi) is 8.75. The molecule has 0 aliphatic rings. The summed E-state index contributed by atoms with van der Waals surface area (Å²) in [7, 11) is 1.65. The first-order chi connectivity index (χ1) is 17.6. The fourth-order valence-corrected chi connectivity index (χ4v) is 4.05. The average Bonchev–Trinajstić information content (AvgIpc) is 3.34. The molecular weight excluding hydrogens is 454 g/mol. The topological polar surface area (TPSA) is 86.8 Å². The van der Waals surface area contributed by atoms with Gasteiger partial charge in [0.25, 0.3) is 5.91 Å². The fourth-order valence-electron chi connectivity index (χ4n) is 4.05. The molecule has 0 aliphatic carbocycles. The lowest BCUT2D eigenvalue weighted by Gasteiger charge is -2.23. The molecule has 3 aromatic carbocycles. The number of aromatic amines is 1. The van der Waals surface area contributed by atoms with Gasteiger partial charge in [0, 0.05) is 42.8 Å². The van der Waals surface area contributed by atoms with E-state index in [1.165, 1.54) is 22.6 Å². The van der Waals surface area contributed by atoms with E-state index in [-0.39, 0.29) is 0 Å². The van der Waals surface area contributed by atoms with Gasteiger partial charge in [-0.3, -0.25) is 14.9 Å². The predicted octanol–water partition coefficient (Wildman–Crippen LogP) is 4.82. The summed E-state index contributed by atoms with van der Waals surface area (Å²) in [6.45, 7) is 2.99. The minimum atomic E-state index is -0.556. The molecule has 0 unspecified atom stereocenters. The van der Waals surface area contributed by atoms with Crippen LogP contribution in [0.1, 0.15) is 16.7 Å². The normalized spacial score (nSPS) is 11.3. The highest BCUT2D eigenvalue weighted by Gasteiger charge is 2.10. The van der Waals surface area contributed by atoms with Crippen LogP contribution < -0.4 is 15.0 Å². The molecule has 0 fully saturated rings. The van der Waals surface area contributed by atoms with Crippen molar-refractivity contribution in [2.24, 2.45) is 0 Å². The lowest BCUT2D eigenvalue weighted by Crippen LogP contribution is -2.30. The number of ether oxygens (including phenoxy) is 2. The molecule has 186 valence electrons. The van der Waals surface area contributed by atoms with Gasteiger partial charge in [-0.25, -0.2) is 5.48 Å². The van der Waals surface area contributed by atoms with E-state index >= 15 is 0 Å². The number of carbonyl (C=O) groups excluding carboxylic acids is 1. The van der Waals surface area contributed by atoms with E-state index in [1.54, 1.807) is 18.7 Å². The zero-order chi connectivity index (χ0) is 25.2. The molecule has 3 N–H and O–H groups in total. The second-order valence-corrected chi connectivity index (χ2v) is 8.46. The Morgan fingerprint density at radius 3 is 2.50 bits per heavy atom. The summed E-state index contributed by atoms with van der Waals surface area (Å²) in [5.41, 5.74) is 6.10. The maximum Gasteiger partial charge on any atom is 0.267 e. The number of hydrogen-bond donors (Lipinski definition) is 3. The van der Waals surface area contributed by atoms with Crippen molar-refractivity contribution >= 4 is 22.9 Å². The lowest BCUT2D eigenvalue weighted by atomic mass is 10.1. The minimum absolute atomic E-state index is 0.556. The van der Waals surface area contributed by atoms with Crippen LogP contribution in [0.4, 0.5) is 0 Å². The van der Waals surface area contributed by atoms with Crippen molar-refractivity contribution in [3.8, 4) is 11.5 Å². The van der Waals surface area contributed by atoms with Gasteiger partial charge >= 0.3 is 0 Å². The zero-order valence-corrected chi connectivity index (χ0v) is 20.3. The Bertz CT molecular complexity index is 1280. The van der Waals surface area contributed by atoms with E-state index in [0.717, 1.165) is 48.6 Å². The van der Waals surface area contributed by atoms with Gasteiger partial charge in [0.15, 0.2) is 0 Å². The van der Waals surface area contributed by atoms with E-state index in [0.29, 0.717) is 6.61 Å². The smallest absolute Gasteiger partial charge is 0.267 e. The Morgan fingerprint density at radius 1 is 1.00 bits per heavy atom. The highest BCUT2D eigenvalue weighted by molar-refractivity contribution is 5.90. The van der Waals surface area contributed by atoms with Gasteiger partial charge in [-0.05, 0) is 59.5 Å². The van der Waals surface area contributed by atoms with Gasteiger partial charge in [-0.15, -0.1) is 0 Å². The van der Waals surface area contributed by atoms with Crippen molar-refractivity contribution in [3.05, 3.63) is 102 Å². The number of amides is 1. The molecule has 0 saturated carbocycles. The summed E-state index contributed by atoms with van der Waals surface area (Å²) in [5, 5.41) is 9.89. The summed E-state index contributed by atoms with van der Waals surface area (Å²) in [4.78, 5) is 17.0. The Morgan fingerprint density at radius 2 is 1.75 bits per heavy atom. The second kappa shape index (κ2) is 12.6. The largest absolute Gasteiger partial charge is 0.497 e. The Labute approximate surface area is 210 Å². The van der Waals surface area contributed by atoms with Crippen molar-refractivity contribution in [1.29, 1.82) is 0 Å². The van der Waals surface area contributed by atoms with Crippen LogP contribution in [-0.2, 0) is 17.8 Å². The molecule has 0 bridgehead atoms. The predicted molar refractivity (Wildman–Crippen MR) is 141 cm³/mol. The van der Waals surface area contributed by atoms with Gasteiger partial charge in [0.1, 0.15) is 18.1 Å². The van der Waals surface area contributed by atoms with Crippen LogP contribution in [0.3, 0.4) is 0 Å². The Hall–Kier alpha value is -4.07. The summed E-state index contributed by atoms with van der Waals surface area (Å²) >= 11 is 0. The van der Waals surface area contributed by atoms with E-state index in [2.05, 4.69) is 46.4 Å². The molecule has 4 rings (SSSR count). The van der Waals surface area contributed by atoms with E-state index in [1.807, 2.05) is 42.5 Å². The number of fused-ring (bicyclic) bond motifs is 1. The molecule has 1 aromatic heterocycles. The number of rotatable bonds is 12. The Balaban J connectivity index is 1.40. The molecule has 7 nitrogen and oxygen atoms in total. The molecule has 0 saturated heterocycles. The van der Waals surface area contributed by atoms with Crippen LogP contribution in [0.5, 0.6) is 11.5 Å². The third-order valence-electron chi connectivity index (χ3n) is 6.03. The first kappa shape index (κ1) is 25.0. The van der Waals surface area contributed by atoms with Gasteiger partial charge in [-0.2, -0.15) is 0 Å². The lowest BCUT2D eigenvalue weighted by molar-refractivity contribution is -0.124. The van der Waals surface area contributed by atoms with Crippen LogP contribution in [0.15, 0.2) is 85.1 Å². The number of aromatic nitrogens is 1. The summed E-state index contributed by atoms with van der Waals surface area (Å²) in [6, 6.07) is 24.0. The third-order valence-corrected chi connectivity index (χ3v) is 6.03. The number of para-hydroxylation sites is 1. The molecule has 0 atom stereocenters. The molecule has 0 aliphatic heterocycles. The van der Waals surface area contributed by atoms with E-state index in [4.69, 9.17) is 14.7 Å². The standard InChI is InChI=1S/C29H31N3O4/c1-35-25-11-13-26(14-12-25)36-19-18-32(17-16-24-20-30-28-5-3-2-4-27(24)28)21-23-8-6-22(7-9-23)10-15-29(33)31-34/h2-15,20,30,34H,16-19,21H2,1H3,(H,31,33). The number of H-pyrrole nitrogens is 1. The minimum Gasteiger partial charge on any atom is -0.497 e. The molecule has 7 heteroatoms. The molecule has 1 amide bonds.